The van der Waals surface area contributed by atoms with Gasteiger partial charge in [0.1, 0.15) is 6.29 Å². The Labute approximate surface area is 76.5 Å². The number of carbonyl (C=O) groups is 1. The second-order valence-corrected chi connectivity index (χ2v) is 2.74. The van der Waals surface area contributed by atoms with E-state index in [1.54, 1.807) is 0 Å². The monoisotopic (exact) mass is 234 g/mol. The van der Waals surface area contributed by atoms with E-state index < -0.39 is 11.6 Å². The summed E-state index contributed by atoms with van der Waals surface area (Å²) in [6.07, 6.45) is 0.499. The number of hydrogen-bond acceptors (Lipinski definition) is 1. The Morgan fingerprint density at radius 3 is 2.58 bits per heavy atom. The highest BCUT2D eigenvalue weighted by Crippen LogP contribution is 2.18. The summed E-state index contributed by atoms with van der Waals surface area (Å²) >= 11 is 2.97. The molecule has 0 spiro atoms. The molecule has 0 atom stereocenters. The fourth-order valence-corrected chi connectivity index (χ4v) is 1.42. The van der Waals surface area contributed by atoms with Gasteiger partial charge < -0.3 is 0 Å². The first-order valence-electron chi connectivity index (χ1n) is 3.18. The van der Waals surface area contributed by atoms with Gasteiger partial charge in [0.2, 0.25) is 0 Å². The molecule has 1 rings (SSSR count). The van der Waals surface area contributed by atoms with Gasteiger partial charge >= 0.3 is 0 Å². The summed E-state index contributed by atoms with van der Waals surface area (Å²) in [7, 11) is 0. The zero-order valence-corrected chi connectivity index (χ0v) is 7.57. The van der Waals surface area contributed by atoms with Gasteiger partial charge in [0.15, 0.2) is 11.6 Å². The molecular weight excluding hydrogens is 230 g/mol. The van der Waals surface area contributed by atoms with Gasteiger partial charge in [-0.15, -0.1) is 0 Å². The SMILES string of the molecule is O=Cc1ccc(F)c(F)c1CBr. The molecule has 4 heteroatoms. The highest BCUT2D eigenvalue weighted by atomic mass is 79.9. The largest absolute Gasteiger partial charge is 0.298 e. The molecule has 0 bridgehead atoms. The molecule has 1 aromatic carbocycles. The highest BCUT2D eigenvalue weighted by Gasteiger charge is 2.11. The molecule has 0 N–H and O–H groups in total. The third-order valence-corrected chi connectivity index (χ3v) is 2.05. The summed E-state index contributed by atoms with van der Waals surface area (Å²) < 4.78 is 25.5. The predicted molar refractivity (Wildman–Crippen MR) is 44.4 cm³/mol. The molecule has 0 unspecified atom stereocenters. The van der Waals surface area contributed by atoms with Gasteiger partial charge in [-0.05, 0) is 12.1 Å². The second-order valence-electron chi connectivity index (χ2n) is 2.18. The van der Waals surface area contributed by atoms with Crippen molar-refractivity contribution in [3.05, 3.63) is 34.9 Å². The van der Waals surface area contributed by atoms with Crippen LogP contribution in [0.3, 0.4) is 0 Å². The standard InChI is InChI=1S/C8H5BrF2O/c9-3-6-5(4-12)1-2-7(10)8(6)11/h1-2,4H,3H2. The van der Waals surface area contributed by atoms with E-state index in [9.17, 15) is 13.6 Å². The van der Waals surface area contributed by atoms with E-state index >= 15 is 0 Å². The smallest absolute Gasteiger partial charge is 0.163 e. The summed E-state index contributed by atoms with van der Waals surface area (Å²) in [6, 6.07) is 2.19. The van der Waals surface area contributed by atoms with Crippen molar-refractivity contribution in [3.8, 4) is 0 Å². The summed E-state index contributed by atoms with van der Waals surface area (Å²) in [4.78, 5) is 10.3. The average Bonchev–Trinajstić information content (AvgIpc) is 2.09. The number of alkyl halides is 1. The van der Waals surface area contributed by atoms with Gasteiger partial charge in [-0.1, -0.05) is 15.9 Å². The number of carbonyl (C=O) groups excluding carboxylic acids is 1. The number of benzene rings is 1. The first-order valence-corrected chi connectivity index (χ1v) is 4.31. The third-order valence-electron chi connectivity index (χ3n) is 1.49. The average molecular weight is 235 g/mol. The molecule has 1 aromatic rings. The zero-order chi connectivity index (χ0) is 9.14. The molecule has 0 fully saturated rings. The number of halogens is 3. The van der Waals surface area contributed by atoms with Crippen LogP contribution in [0.2, 0.25) is 0 Å². The molecule has 0 aliphatic carbocycles. The molecule has 0 aromatic heterocycles. The van der Waals surface area contributed by atoms with E-state index in [4.69, 9.17) is 0 Å². The quantitative estimate of drug-likeness (QED) is 0.568. The van der Waals surface area contributed by atoms with Crippen LogP contribution in [-0.4, -0.2) is 6.29 Å². The van der Waals surface area contributed by atoms with Crippen LogP contribution in [0.1, 0.15) is 15.9 Å². The first-order chi connectivity index (χ1) is 5.70. The van der Waals surface area contributed by atoms with Gasteiger partial charge in [0.25, 0.3) is 0 Å². The van der Waals surface area contributed by atoms with E-state index in [1.165, 1.54) is 6.07 Å². The fourth-order valence-electron chi connectivity index (χ4n) is 0.854. The maximum atomic E-state index is 12.9. The molecule has 0 aliphatic rings. The number of rotatable bonds is 2. The summed E-state index contributed by atoms with van der Waals surface area (Å²) in [6.45, 7) is 0. The van der Waals surface area contributed by atoms with Crippen molar-refractivity contribution in [1.82, 2.24) is 0 Å². The Morgan fingerprint density at radius 2 is 2.08 bits per heavy atom. The molecule has 1 nitrogen and oxygen atoms in total. The second kappa shape index (κ2) is 3.76. The summed E-state index contributed by atoms with van der Waals surface area (Å²) in [5, 5.41) is 0.130. The van der Waals surface area contributed by atoms with E-state index in [2.05, 4.69) is 15.9 Å². The maximum Gasteiger partial charge on any atom is 0.163 e. The maximum absolute atomic E-state index is 12.9. The van der Waals surface area contributed by atoms with Crippen molar-refractivity contribution in [2.24, 2.45) is 0 Å². The summed E-state index contributed by atoms with van der Waals surface area (Å²) in [5.41, 5.74) is 0.232. The molecule has 64 valence electrons. The Hall–Kier alpha value is -0.770. The van der Waals surface area contributed by atoms with Crippen molar-refractivity contribution >= 4 is 22.2 Å². The van der Waals surface area contributed by atoms with Crippen molar-refractivity contribution in [2.45, 2.75) is 5.33 Å². The Morgan fingerprint density at radius 1 is 1.42 bits per heavy atom. The normalized spacial score (nSPS) is 9.92. The Balaban J connectivity index is 3.35. The Kier molecular flexibility index (Phi) is 2.92. The zero-order valence-electron chi connectivity index (χ0n) is 5.98. The fraction of sp³-hybridized carbons (Fsp3) is 0.125. The molecule has 0 heterocycles. The van der Waals surface area contributed by atoms with Crippen LogP contribution in [0, 0.1) is 11.6 Å². The van der Waals surface area contributed by atoms with Crippen LogP contribution in [0.15, 0.2) is 12.1 Å². The molecule has 0 radical (unpaired) electrons. The molecule has 0 aliphatic heterocycles. The third kappa shape index (κ3) is 1.53. The molecular formula is C8H5BrF2O. The van der Waals surface area contributed by atoms with Crippen LogP contribution in [0.5, 0.6) is 0 Å². The predicted octanol–water partition coefficient (Wildman–Crippen LogP) is 2.67. The van der Waals surface area contributed by atoms with Crippen LogP contribution < -0.4 is 0 Å². The van der Waals surface area contributed by atoms with Crippen LogP contribution in [0.4, 0.5) is 8.78 Å². The summed E-state index contributed by atoms with van der Waals surface area (Å²) in [5.74, 6) is -1.90. The van der Waals surface area contributed by atoms with Gasteiger partial charge in [0.05, 0.1) is 0 Å². The van der Waals surface area contributed by atoms with Crippen molar-refractivity contribution < 1.29 is 13.6 Å². The Bertz CT molecular complexity index is 312. The van der Waals surface area contributed by atoms with Gasteiger partial charge in [0, 0.05) is 16.5 Å². The molecule has 0 amide bonds. The number of aldehydes is 1. The lowest BCUT2D eigenvalue weighted by atomic mass is 10.1. The van der Waals surface area contributed by atoms with E-state index in [-0.39, 0.29) is 16.5 Å². The lowest BCUT2D eigenvalue weighted by molar-refractivity contribution is 0.112. The van der Waals surface area contributed by atoms with Crippen molar-refractivity contribution in [2.75, 3.05) is 0 Å². The molecule has 0 saturated heterocycles. The minimum atomic E-state index is -0.962. The minimum absolute atomic E-state index is 0.0602. The molecule has 12 heavy (non-hydrogen) atoms. The van der Waals surface area contributed by atoms with E-state index in [0.29, 0.717) is 6.29 Å². The van der Waals surface area contributed by atoms with Crippen LogP contribution >= 0.6 is 15.9 Å². The van der Waals surface area contributed by atoms with Gasteiger partial charge in [-0.3, -0.25) is 4.79 Å². The lowest BCUT2D eigenvalue weighted by Gasteiger charge is -2.02. The van der Waals surface area contributed by atoms with Crippen molar-refractivity contribution in [1.29, 1.82) is 0 Å². The van der Waals surface area contributed by atoms with E-state index in [0.717, 1.165) is 6.07 Å². The van der Waals surface area contributed by atoms with Gasteiger partial charge in [-0.2, -0.15) is 0 Å². The van der Waals surface area contributed by atoms with Crippen molar-refractivity contribution in [3.63, 3.8) is 0 Å². The lowest BCUT2D eigenvalue weighted by Crippen LogP contribution is -1.97. The van der Waals surface area contributed by atoms with Gasteiger partial charge in [-0.25, -0.2) is 8.78 Å². The van der Waals surface area contributed by atoms with E-state index in [1.807, 2.05) is 0 Å². The first kappa shape index (κ1) is 9.32. The van der Waals surface area contributed by atoms with Crippen LogP contribution in [0.25, 0.3) is 0 Å². The highest BCUT2D eigenvalue weighted by molar-refractivity contribution is 9.08. The van der Waals surface area contributed by atoms with Crippen LogP contribution in [-0.2, 0) is 5.33 Å². The molecule has 0 saturated carbocycles. The minimum Gasteiger partial charge on any atom is -0.298 e. The number of hydrogen-bond donors (Lipinski definition) is 0. The topological polar surface area (TPSA) is 17.1 Å².